The van der Waals surface area contributed by atoms with E-state index in [1.165, 1.54) is 17.0 Å². The van der Waals surface area contributed by atoms with Crippen LogP contribution in [0.3, 0.4) is 0 Å². The first-order valence-corrected chi connectivity index (χ1v) is 7.16. The summed E-state index contributed by atoms with van der Waals surface area (Å²) in [4.78, 5) is 13.9. The summed E-state index contributed by atoms with van der Waals surface area (Å²) < 4.78 is 39.0. The van der Waals surface area contributed by atoms with Crippen LogP contribution in [0, 0.1) is 0 Å². The molecule has 23 heavy (non-hydrogen) atoms. The van der Waals surface area contributed by atoms with E-state index in [9.17, 15) is 23.1 Å². The number of β-amino-alcohol motifs (C(OH)–C–C–N with tert-alkyl or cyclic N) is 1. The molecule has 2 rings (SSSR count). The molecule has 1 fully saturated rings. The lowest BCUT2D eigenvalue weighted by Gasteiger charge is -2.25. The molecule has 2 N–H and O–H groups in total. The Labute approximate surface area is 131 Å². The predicted molar refractivity (Wildman–Crippen MR) is 76.8 cm³/mol. The third-order valence-electron chi connectivity index (χ3n) is 4.00. The average molecular weight is 332 g/mol. The van der Waals surface area contributed by atoms with Crippen LogP contribution >= 0.6 is 0 Å². The Hall–Kier alpha value is -1.64. The molecule has 0 spiro atoms. The summed E-state index contributed by atoms with van der Waals surface area (Å²) in [5, 5.41) is 18.8. The fourth-order valence-corrected chi connectivity index (χ4v) is 2.92. The molecule has 1 aromatic carbocycles. The first-order chi connectivity index (χ1) is 10.7. The van der Waals surface area contributed by atoms with E-state index in [1.807, 2.05) is 0 Å². The summed E-state index contributed by atoms with van der Waals surface area (Å²) in [7, 11) is 1.58. The molecule has 8 heteroatoms. The predicted octanol–water partition coefficient (Wildman–Crippen LogP) is 1.27. The second kappa shape index (κ2) is 6.86. The Morgan fingerprint density at radius 1 is 1.35 bits per heavy atom. The molecule has 0 aromatic heterocycles. The molecule has 1 aromatic rings. The quantitative estimate of drug-likeness (QED) is 0.850. The van der Waals surface area contributed by atoms with Crippen LogP contribution in [0.25, 0.3) is 0 Å². The molecule has 128 valence electrons. The second-order valence-corrected chi connectivity index (χ2v) is 5.79. The lowest BCUT2D eigenvalue weighted by Crippen LogP contribution is -2.43. The highest BCUT2D eigenvalue weighted by Crippen LogP contribution is 2.33. The van der Waals surface area contributed by atoms with E-state index in [1.54, 1.807) is 18.0 Å². The number of aliphatic hydroxyl groups excluding tert-OH is 1. The number of rotatable bonds is 5. The lowest BCUT2D eigenvalue weighted by atomic mass is 10.1. The maximum Gasteiger partial charge on any atom is 0.416 e. The van der Waals surface area contributed by atoms with Crippen molar-refractivity contribution in [2.75, 3.05) is 26.7 Å². The Balaban J connectivity index is 2.07. The molecule has 5 nitrogen and oxygen atoms in total. The maximum atomic E-state index is 13.0. The van der Waals surface area contributed by atoms with Crippen molar-refractivity contribution in [2.24, 2.45) is 0 Å². The number of likely N-dealkylation sites (tertiary alicyclic amines) is 1. The molecule has 0 unspecified atom stereocenters. The Kier molecular flexibility index (Phi) is 5.28. The smallest absolute Gasteiger partial charge is 0.416 e. The Bertz CT molecular complexity index is 565. The van der Waals surface area contributed by atoms with Crippen molar-refractivity contribution in [3.63, 3.8) is 0 Å². The van der Waals surface area contributed by atoms with Crippen LogP contribution in [0.15, 0.2) is 24.3 Å². The molecule has 1 aliphatic rings. The molecule has 2 atom stereocenters. The SMILES string of the molecule is CN(CC(=O)O)[C@H]1CN(Cc2ccccc2C(F)(F)F)C[C@H]1O. The Morgan fingerprint density at radius 2 is 2.00 bits per heavy atom. The third kappa shape index (κ3) is 4.43. The molecule has 1 saturated heterocycles. The van der Waals surface area contributed by atoms with E-state index < -0.39 is 29.9 Å². The van der Waals surface area contributed by atoms with E-state index in [4.69, 9.17) is 5.11 Å². The first kappa shape index (κ1) is 17.7. The van der Waals surface area contributed by atoms with Crippen LogP contribution in [0.4, 0.5) is 13.2 Å². The molecule has 0 aliphatic carbocycles. The van der Waals surface area contributed by atoms with Crippen molar-refractivity contribution in [3.8, 4) is 0 Å². The van der Waals surface area contributed by atoms with Crippen molar-refractivity contribution in [1.29, 1.82) is 0 Å². The fourth-order valence-electron chi connectivity index (χ4n) is 2.92. The van der Waals surface area contributed by atoms with Crippen LogP contribution in [-0.4, -0.2) is 64.8 Å². The number of carbonyl (C=O) groups is 1. The molecule has 0 amide bonds. The second-order valence-electron chi connectivity index (χ2n) is 5.79. The van der Waals surface area contributed by atoms with Crippen molar-refractivity contribution in [2.45, 2.75) is 24.9 Å². The van der Waals surface area contributed by atoms with Gasteiger partial charge in [-0.15, -0.1) is 0 Å². The van der Waals surface area contributed by atoms with Gasteiger partial charge in [0.2, 0.25) is 0 Å². The molecule has 1 heterocycles. The molecule has 0 saturated carbocycles. The number of aliphatic carboxylic acids is 1. The number of alkyl halides is 3. The van der Waals surface area contributed by atoms with Gasteiger partial charge in [0.05, 0.1) is 18.2 Å². The van der Waals surface area contributed by atoms with Gasteiger partial charge in [0, 0.05) is 25.7 Å². The fraction of sp³-hybridized carbons (Fsp3) is 0.533. The van der Waals surface area contributed by atoms with E-state index in [2.05, 4.69) is 0 Å². The molecular formula is C15H19F3N2O3. The monoisotopic (exact) mass is 332 g/mol. The van der Waals surface area contributed by atoms with Crippen molar-refractivity contribution < 1.29 is 28.2 Å². The number of halogens is 3. The van der Waals surface area contributed by atoms with Gasteiger partial charge in [-0.25, -0.2) is 0 Å². The van der Waals surface area contributed by atoms with E-state index in [-0.39, 0.29) is 25.2 Å². The zero-order valence-electron chi connectivity index (χ0n) is 12.6. The van der Waals surface area contributed by atoms with Gasteiger partial charge in [-0.3, -0.25) is 14.6 Å². The summed E-state index contributed by atoms with van der Waals surface area (Å²) in [6.45, 7) is 0.358. The van der Waals surface area contributed by atoms with Crippen molar-refractivity contribution >= 4 is 5.97 Å². The van der Waals surface area contributed by atoms with E-state index >= 15 is 0 Å². The number of carboxylic acids is 1. The van der Waals surface area contributed by atoms with E-state index in [0.29, 0.717) is 6.54 Å². The number of carboxylic acid groups (broad SMARTS) is 1. The summed E-state index contributed by atoms with van der Waals surface area (Å²) in [5.74, 6) is -1.01. The summed E-state index contributed by atoms with van der Waals surface area (Å²) in [5.41, 5.74) is -0.537. The van der Waals surface area contributed by atoms with E-state index in [0.717, 1.165) is 6.07 Å². The van der Waals surface area contributed by atoms with Crippen LogP contribution in [0.5, 0.6) is 0 Å². The van der Waals surface area contributed by atoms with Gasteiger partial charge in [-0.1, -0.05) is 18.2 Å². The zero-order chi connectivity index (χ0) is 17.2. The van der Waals surface area contributed by atoms with Gasteiger partial charge in [-0.2, -0.15) is 13.2 Å². The van der Waals surface area contributed by atoms with Crippen LogP contribution in [-0.2, 0) is 17.5 Å². The van der Waals surface area contributed by atoms with Gasteiger partial charge in [0.25, 0.3) is 0 Å². The van der Waals surface area contributed by atoms with Gasteiger partial charge in [-0.05, 0) is 18.7 Å². The minimum absolute atomic E-state index is 0.0597. The number of nitrogens with zero attached hydrogens (tertiary/aromatic N) is 2. The summed E-state index contributed by atoms with van der Waals surface area (Å²) >= 11 is 0. The van der Waals surface area contributed by atoms with Crippen molar-refractivity contribution in [3.05, 3.63) is 35.4 Å². The average Bonchev–Trinajstić information content (AvgIpc) is 2.78. The maximum absolute atomic E-state index is 13.0. The Morgan fingerprint density at radius 3 is 2.61 bits per heavy atom. The molecule has 0 bridgehead atoms. The number of aliphatic hydroxyl groups is 1. The third-order valence-corrected chi connectivity index (χ3v) is 4.00. The minimum Gasteiger partial charge on any atom is -0.480 e. The summed E-state index contributed by atoms with van der Waals surface area (Å²) in [6, 6.07) is 4.93. The normalized spacial score (nSPS) is 22.7. The molecular weight excluding hydrogens is 313 g/mol. The molecule has 1 aliphatic heterocycles. The minimum atomic E-state index is -4.42. The lowest BCUT2D eigenvalue weighted by molar-refractivity contribution is -0.139. The van der Waals surface area contributed by atoms with Crippen molar-refractivity contribution in [1.82, 2.24) is 9.80 Å². The largest absolute Gasteiger partial charge is 0.480 e. The van der Waals surface area contributed by atoms with Gasteiger partial charge < -0.3 is 10.2 Å². The number of hydrogen-bond acceptors (Lipinski definition) is 4. The standard InChI is InChI=1S/C15H19F3N2O3/c1-19(9-14(22)23)12-7-20(8-13(12)21)6-10-4-2-3-5-11(10)15(16,17)18/h2-5,12-13,21H,6-9H2,1H3,(H,22,23)/t12-,13+/m0/s1. The highest BCUT2D eigenvalue weighted by atomic mass is 19.4. The highest BCUT2D eigenvalue weighted by Gasteiger charge is 2.37. The number of likely N-dealkylation sites (N-methyl/N-ethyl adjacent to an activating group) is 1. The highest BCUT2D eigenvalue weighted by molar-refractivity contribution is 5.69. The van der Waals surface area contributed by atoms with Gasteiger partial charge in [0.1, 0.15) is 0 Å². The zero-order valence-corrected chi connectivity index (χ0v) is 12.6. The van der Waals surface area contributed by atoms with Gasteiger partial charge >= 0.3 is 12.1 Å². The topological polar surface area (TPSA) is 64.0 Å². The summed E-state index contributed by atoms with van der Waals surface area (Å²) in [6.07, 6.45) is -5.22. The van der Waals surface area contributed by atoms with Crippen LogP contribution < -0.4 is 0 Å². The van der Waals surface area contributed by atoms with Gasteiger partial charge in [0.15, 0.2) is 0 Å². The number of benzene rings is 1. The molecule has 0 radical (unpaired) electrons. The van der Waals surface area contributed by atoms with Crippen LogP contribution in [0.2, 0.25) is 0 Å². The first-order valence-electron chi connectivity index (χ1n) is 7.16. The number of hydrogen-bond donors (Lipinski definition) is 2. The van der Waals surface area contributed by atoms with Crippen LogP contribution in [0.1, 0.15) is 11.1 Å².